The minimum absolute atomic E-state index is 0.390. The van der Waals surface area contributed by atoms with Crippen molar-refractivity contribution in [2.75, 3.05) is 0 Å². The highest BCUT2D eigenvalue weighted by molar-refractivity contribution is 7.98. The van der Waals surface area contributed by atoms with Gasteiger partial charge in [-0.1, -0.05) is 71.0 Å². The van der Waals surface area contributed by atoms with Crippen molar-refractivity contribution in [1.82, 2.24) is 20.3 Å². The molecule has 0 N–H and O–H groups in total. The average molecular weight is 385 g/mol. The molecule has 26 heavy (non-hydrogen) atoms. The third-order valence-corrected chi connectivity index (χ3v) is 4.69. The largest absolute Gasteiger partial charge is 0.416 e. The molecule has 0 aliphatic rings. The van der Waals surface area contributed by atoms with E-state index < -0.39 is 0 Å². The van der Waals surface area contributed by atoms with Crippen LogP contribution in [0.5, 0.6) is 0 Å². The molecule has 0 bridgehead atoms. The van der Waals surface area contributed by atoms with E-state index in [1.54, 1.807) is 6.07 Å². The van der Waals surface area contributed by atoms with Crippen molar-refractivity contribution >= 4 is 23.4 Å². The fraction of sp³-hybridized carbons (Fsp3) is 0.111. The van der Waals surface area contributed by atoms with Crippen LogP contribution >= 0.6 is 23.4 Å². The van der Waals surface area contributed by atoms with Gasteiger partial charge in [-0.3, -0.25) is 0 Å². The zero-order valence-electron chi connectivity index (χ0n) is 13.5. The van der Waals surface area contributed by atoms with Gasteiger partial charge in [0.25, 0.3) is 11.1 Å². The number of halogens is 1. The summed E-state index contributed by atoms with van der Waals surface area (Å²) in [5, 5.41) is 13.1. The molecule has 0 unspecified atom stereocenters. The molecule has 2 heterocycles. The normalized spacial score (nSPS) is 11.0. The van der Waals surface area contributed by atoms with Gasteiger partial charge in [-0.25, -0.2) is 0 Å². The van der Waals surface area contributed by atoms with Gasteiger partial charge in [0.05, 0.1) is 22.8 Å². The summed E-state index contributed by atoms with van der Waals surface area (Å²) < 4.78 is 10.9. The van der Waals surface area contributed by atoms with Crippen LogP contribution in [0.4, 0.5) is 0 Å². The Hall–Kier alpha value is -2.64. The monoisotopic (exact) mass is 384 g/mol. The molecule has 0 fully saturated rings. The topological polar surface area (TPSA) is 77.8 Å². The molecule has 2 aromatic carbocycles. The molecule has 2 aromatic heterocycles. The molecule has 6 nitrogen and oxygen atoms in total. The highest BCUT2D eigenvalue weighted by atomic mass is 35.5. The van der Waals surface area contributed by atoms with E-state index in [4.69, 9.17) is 20.5 Å². The summed E-state index contributed by atoms with van der Waals surface area (Å²) in [5.41, 5.74) is 1.83. The molecule has 0 radical (unpaired) electrons. The molecule has 8 heteroatoms. The van der Waals surface area contributed by atoms with Gasteiger partial charge < -0.3 is 8.94 Å². The van der Waals surface area contributed by atoms with Gasteiger partial charge in [-0.05, 0) is 17.7 Å². The van der Waals surface area contributed by atoms with Crippen LogP contribution in [0.15, 0.2) is 68.8 Å². The van der Waals surface area contributed by atoms with Crippen molar-refractivity contribution in [2.24, 2.45) is 0 Å². The average Bonchev–Trinajstić information content (AvgIpc) is 3.31. The van der Waals surface area contributed by atoms with E-state index in [-0.39, 0.29) is 0 Å². The summed E-state index contributed by atoms with van der Waals surface area (Å²) in [5.74, 6) is 1.96. The van der Waals surface area contributed by atoms with Crippen LogP contribution < -0.4 is 0 Å². The first-order chi connectivity index (χ1) is 12.8. The molecular weight excluding hydrogens is 372 g/mol. The molecule has 0 aliphatic carbocycles. The molecule has 130 valence electrons. The Labute approximate surface area is 158 Å². The third kappa shape index (κ3) is 3.95. The minimum Gasteiger partial charge on any atom is -0.416 e. The second-order valence-electron chi connectivity index (χ2n) is 5.41. The van der Waals surface area contributed by atoms with Crippen LogP contribution in [-0.4, -0.2) is 20.3 Å². The minimum atomic E-state index is 0.390. The molecule has 0 saturated heterocycles. The summed E-state index contributed by atoms with van der Waals surface area (Å²) in [7, 11) is 0. The zero-order valence-corrected chi connectivity index (χ0v) is 15.1. The Balaban J connectivity index is 1.39. The number of hydrogen-bond acceptors (Lipinski definition) is 7. The van der Waals surface area contributed by atoms with Crippen LogP contribution in [-0.2, 0) is 12.2 Å². The van der Waals surface area contributed by atoms with E-state index in [2.05, 4.69) is 20.3 Å². The molecule has 0 atom stereocenters. The molecule has 4 aromatic rings. The number of nitrogens with zero attached hydrogens (tertiary/aromatic N) is 4. The standard InChI is InChI=1S/C18H13ClN4O2S/c19-14-9-5-4-8-13(14)17-20-15(23-25-17)11-26-18-22-21-16(24-18)10-12-6-2-1-3-7-12/h1-9H,10-11H2. The van der Waals surface area contributed by atoms with Crippen molar-refractivity contribution in [3.63, 3.8) is 0 Å². The van der Waals surface area contributed by atoms with Gasteiger partial charge in [0.15, 0.2) is 5.82 Å². The third-order valence-electron chi connectivity index (χ3n) is 3.54. The Kier molecular flexibility index (Phi) is 4.99. The molecule has 0 saturated carbocycles. The maximum atomic E-state index is 6.14. The second kappa shape index (κ2) is 7.72. The second-order valence-corrected chi connectivity index (χ2v) is 6.74. The molecular formula is C18H13ClN4O2S. The molecule has 4 rings (SSSR count). The van der Waals surface area contributed by atoms with Crippen LogP contribution in [0.3, 0.4) is 0 Å². The fourth-order valence-electron chi connectivity index (χ4n) is 2.32. The smallest absolute Gasteiger partial charge is 0.277 e. The first-order valence-electron chi connectivity index (χ1n) is 7.84. The molecule has 0 aliphatic heterocycles. The Morgan fingerprint density at radius 3 is 2.62 bits per heavy atom. The van der Waals surface area contributed by atoms with Gasteiger partial charge in [0, 0.05) is 0 Å². The van der Waals surface area contributed by atoms with Crippen LogP contribution in [0, 0.1) is 0 Å². The van der Waals surface area contributed by atoms with Crippen LogP contribution in [0.2, 0.25) is 5.02 Å². The quantitative estimate of drug-likeness (QED) is 0.447. The van der Waals surface area contributed by atoms with Crippen LogP contribution in [0.25, 0.3) is 11.5 Å². The summed E-state index contributed by atoms with van der Waals surface area (Å²) >= 11 is 7.50. The van der Waals surface area contributed by atoms with E-state index >= 15 is 0 Å². The maximum absolute atomic E-state index is 6.14. The van der Waals surface area contributed by atoms with E-state index in [1.807, 2.05) is 48.5 Å². The van der Waals surface area contributed by atoms with E-state index in [1.165, 1.54) is 11.8 Å². The Bertz CT molecular complexity index is 1000. The summed E-state index contributed by atoms with van der Waals surface area (Å²) in [6.45, 7) is 0. The predicted molar refractivity (Wildman–Crippen MR) is 97.9 cm³/mol. The first kappa shape index (κ1) is 16.8. The predicted octanol–water partition coefficient (Wildman–Crippen LogP) is 4.66. The van der Waals surface area contributed by atoms with Crippen molar-refractivity contribution in [3.05, 3.63) is 76.9 Å². The SMILES string of the molecule is Clc1ccccc1-c1nc(CSc2nnc(Cc3ccccc3)o2)no1. The van der Waals surface area contributed by atoms with E-state index in [0.717, 1.165) is 5.56 Å². The van der Waals surface area contributed by atoms with Gasteiger partial charge in [0.1, 0.15) is 0 Å². The van der Waals surface area contributed by atoms with Crippen molar-refractivity contribution in [3.8, 4) is 11.5 Å². The number of rotatable bonds is 6. The molecule has 0 amide bonds. The zero-order chi connectivity index (χ0) is 17.8. The lowest BCUT2D eigenvalue weighted by molar-refractivity contribution is 0.418. The van der Waals surface area contributed by atoms with Gasteiger partial charge in [-0.15, -0.1) is 10.2 Å². The lowest BCUT2D eigenvalue weighted by atomic mass is 10.2. The summed E-state index contributed by atoms with van der Waals surface area (Å²) in [6, 6.07) is 17.3. The van der Waals surface area contributed by atoms with Gasteiger partial charge in [0.2, 0.25) is 5.89 Å². The number of thioether (sulfide) groups is 1. The van der Waals surface area contributed by atoms with Crippen molar-refractivity contribution in [1.29, 1.82) is 0 Å². The van der Waals surface area contributed by atoms with Crippen molar-refractivity contribution in [2.45, 2.75) is 17.4 Å². The Morgan fingerprint density at radius 2 is 1.77 bits per heavy atom. The van der Waals surface area contributed by atoms with Crippen LogP contribution in [0.1, 0.15) is 17.3 Å². The maximum Gasteiger partial charge on any atom is 0.277 e. The Morgan fingerprint density at radius 1 is 0.962 bits per heavy atom. The summed E-state index contributed by atoms with van der Waals surface area (Å²) in [6.07, 6.45) is 0.604. The van der Waals surface area contributed by atoms with E-state index in [9.17, 15) is 0 Å². The lowest BCUT2D eigenvalue weighted by Gasteiger charge is -1.96. The number of aromatic nitrogens is 4. The number of benzene rings is 2. The van der Waals surface area contributed by atoms with Gasteiger partial charge >= 0.3 is 0 Å². The number of hydrogen-bond donors (Lipinski definition) is 0. The van der Waals surface area contributed by atoms with Gasteiger partial charge in [-0.2, -0.15) is 4.98 Å². The van der Waals surface area contributed by atoms with E-state index in [0.29, 0.717) is 45.6 Å². The fourth-order valence-corrected chi connectivity index (χ4v) is 3.16. The molecule has 0 spiro atoms. The van der Waals surface area contributed by atoms with Crippen molar-refractivity contribution < 1.29 is 8.94 Å². The lowest BCUT2D eigenvalue weighted by Crippen LogP contribution is -1.87. The summed E-state index contributed by atoms with van der Waals surface area (Å²) in [4.78, 5) is 4.36. The highest BCUT2D eigenvalue weighted by Crippen LogP contribution is 2.27. The first-order valence-corrected chi connectivity index (χ1v) is 9.21. The highest BCUT2D eigenvalue weighted by Gasteiger charge is 2.14.